The van der Waals surface area contributed by atoms with E-state index in [2.05, 4.69) is 124 Å². The summed E-state index contributed by atoms with van der Waals surface area (Å²) in [6, 6.07) is 0. The second-order valence-electron chi connectivity index (χ2n) is 23.4. The van der Waals surface area contributed by atoms with Crippen LogP contribution in [0.1, 0.15) is 342 Å². The lowest BCUT2D eigenvalue weighted by Crippen LogP contribution is -2.30. The fourth-order valence-electron chi connectivity index (χ4n) is 9.97. The van der Waals surface area contributed by atoms with Crippen LogP contribution in [0.3, 0.4) is 0 Å². The third-order valence-electron chi connectivity index (χ3n) is 15.2. The van der Waals surface area contributed by atoms with Gasteiger partial charge in [0.2, 0.25) is 0 Å². The molecule has 0 radical (unpaired) electrons. The van der Waals surface area contributed by atoms with E-state index in [9.17, 15) is 14.4 Å². The first-order chi connectivity index (χ1) is 41.0. The molecule has 1 unspecified atom stereocenters. The summed E-state index contributed by atoms with van der Waals surface area (Å²) in [6.07, 6.45) is 97.1. The molecule has 0 aromatic rings. The van der Waals surface area contributed by atoms with E-state index < -0.39 is 6.10 Å². The molecule has 0 aliphatic rings. The lowest BCUT2D eigenvalue weighted by molar-refractivity contribution is -0.166. The highest BCUT2D eigenvalue weighted by molar-refractivity contribution is 5.71. The largest absolute Gasteiger partial charge is 0.462 e. The number of carbonyl (C=O) groups is 3. The lowest BCUT2D eigenvalue weighted by Gasteiger charge is -2.18. The zero-order chi connectivity index (χ0) is 59.9. The third kappa shape index (κ3) is 68.7. The zero-order valence-electron chi connectivity index (χ0n) is 54.7. The van der Waals surface area contributed by atoms with Gasteiger partial charge < -0.3 is 14.2 Å². The van der Waals surface area contributed by atoms with E-state index in [-0.39, 0.29) is 37.5 Å². The standard InChI is InChI=1S/C77H132O6/c1-4-7-10-13-16-19-22-25-27-29-31-32-33-34-35-36-37-38-39-40-41-42-43-44-46-47-49-52-55-58-61-64-67-70-76(79)82-73-74(72-81-75(78)69-66-63-60-57-54-51-24-21-18-15-12-9-6-3)83-77(80)71-68-65-62-59-56-53-50-48-45-30-28-26-23-20-17-14-11-8-5-2/h9,12,17-18,20-22,25-26,28-29,31,33-34,51,54,60,63,74H,4-8,10-11,13-16,19,23-24,27,30,32,35-50,52-53,55-59,61-62,64-73H2,1-3H3/b12-9-,20-17-,21-18-,25-22-,28-26-,31-29-,34-33-,54-51-,63-60-. The molecule has 0 amide bonds. The summed E-state index contributed by atoms with van der Waals surface area (Å²) in [5.41, 5.74) is 0. The number of unbranched alkanes of at least 4 members (excludes halogenated alkanes) is 35. The van der Waals surface area contributed by atoms with Gasteiger partial charge in [-0.1, -0.05) is 316 Å². The van der Waals surface area contributed by atoms with Crippen LogP contribution in [-0.2, 0) is 28.6 Å². The van der Waals surface area contributed by atoms with Crippen LogP contribution in [0.4, 0.5) is 0 Å². The van der Waals surface area contributed by atoms with Crippen molar-refractivity contribution in [1.29, 1.82) is 0 Å². The van der Waals surface area contributed by atoms with Gasteiger partial charge in [-0.3, -0.25) is 14.4 Å². The van der Waals surface area contributed by atoms with Gasteiger partial charge in [-0.05, 0) is 116 Å². The van der Waals surface area contributed by atoms with Crippen LogP contribution in [0, 0.1) is 0 Å². The molecule has 0 heterocycles. The minimum Gasteiger partial charge on any atom is -0.462 e. The van der Waals surface area contributed by atoms with Gasteiger partial charge in [0.05, 0.1) is 0 Å². The Balaban J connectivity index is 4.21. The van der Waals surface area contributed by atoms with Crippen molar-refractivity contribution >= 4 is 17.9 Å². The molecule has 0 aromatic heterocycles. The average Bonchev–Trinajstić information content (AvgIpc) is 3.49. The molecular formula is C77H132O6. The smallest absolute Gasteiger partial charge is 0.306 e. The van der Waals surface area contributed by atoms with Gasteiger partial charge in [-0.2, -0.15) is 0 Å². The van der Waals surface area contributed by atoms with E-state index in [1.54, 1.807) is 0 Å². The maximum Gasteiger partial charge on any atom is 0.306 e. The Hall–Kier alpha value is -3.93. The Morgan fingerprint density at radius 1 is 0.253 bits per heavy atom. The van der Waals surface area contributed by atoms with E-state index >= 15 is 0 Å². The maximum atomic E-state index is 12.9. The van der Waals surface area contributed by atoms with Crippen LogP contribution in [0.2, 0.25) is 0 Å². The average molecular weight is 1150 g/mol. The molecule has 0 saturated carbocycles. The highest BCUT2D eigenvalue weighted by Crippen LogP contribution is 2.17. The highest BCUT2D eigenvalue weighted by atomic mass is 16.6. The van der Waals surface area contributed by atoms with Gasteiger partial charge >= 0.3 is 17.9 Å². The first-order valence-electron chi connectivity index (χ1n) is 35.4. The van der Waals surface area contributed by atoms with Crippen LogP contribution in [0.15, 0.2) is 109 Å². The molecule has 0 aliphatic heterocycles. The summed E-state index contributed by atoms with van der Waals surface area (Å²) >= 11 is 0. The lowest BCUT2D eigenvalue weighted by atomic mass is 10.0. The Morgan fingerprint density at radius 3 is 0.831 bits per heavy atom. The van der Waals surface area contributed by atoms with Gasteiger partial charge in [0.25, 0.3) is 0 Å². The Bertz CT molecular complexity index is 1660. The minimum atomic E-state index is -0.811. The van der Waals surface area contributed by atoms with Crippen molar-refractivity contribution in [3.63, 3.8) is 0 Å². The number of rotatable bonds is 64. The summed E-state index contributed by atoms with van der Waals surface area (Å²) in [5.74, 6) is -0.978. The molecule has 6 heteroatoms. The molecule has 0 rings (SSSR count). The number of hydrogen-bond acceptors (Lipinski definition) is 6. The summed E-state index contributed by atoms with van der Waals surface area (Å²) in [5, 5.41) is 0. The molecule has 0 spiro atoms. The quantitative estimate of drug-likeness (QED) is 0.0261. The fraction of sp³-hybridized carbons (Fsp3) is 0.727. The van der Waals surface area contributed by atoms with Crippen LogP contribution < -0.4 is 0 Å². The predicted octanol–water partition coefficient (Wildman–Crippen LogP) is 24.6. The molecule has 0 N–H and O–H groups in total. The van der Waals surface area contributed by atoms with Crippen molar-refractivity contribution in [2.45, 2.75) is 348 Å². The minimum absolute atomic E-state index is 0.100. The van der Waals surface area contributed by atoms with Gasteiger partial charge in [-0.25, -0.2) is 0 Å². The molecule has 6 nitrogen and oxygen atoms in total. The van der Waals surface area contributed by atoms with E-state index in [0.717, 1.165) is 83.5 Å². The maximum absolute atomic E-state index is 12.9. The van der Waals surface area contributed by atoms with Crippen molar-refractivity contribution in [3.8, 4) is 0 Å². The molecular weight excluding hydrogens is 1020 g/mol. The fourth-order valence-corrected chi connectivity index (χ4v) is 9.97. The van der Waals surface area contributed by atoms with Crippen LogP contribution in [0.25, 0.3) is 0 Å². The van der Waals surface area contributed by atoms with Crippen LogP contribution in [-0.4, -0.2) is 37.2 Å². The second-order valence-corrected chi connectivity index (χ2v) is 23.4. The van der Waals surface area contributed by atoms with Crippen molar-refractivity contribution in [2.24, 2.45) is 0 Å². The first-order valence-corrected chi connectivity index (χ1v) is 35.4. The SMILES string of the molecule is CC/C=C\C/C=C\C/C=C\C/C=C\CCC(=O)OCC(COC(=O)CCCCCCCCCCCCCCCCCCCC/C=C\C/C=C\C/C=C\CCCCCCC)OC(=O)CCCCCCCCCCC/C=C\C/C=C\CCCCC. The number of esters is 3. The Morgan fingerprint density at radius 2 is 0.494 bits per heavy atom. The predicted molar refractivity (Wildman–Crippen MR) is 362 cm³/mol. The molecule has 0 aliphatic carbocycles. The van der Waals surface area contributed by atoms with Crippen molar-refractivity contribution in [3.05, 3.63) is 109 Å². The van der Waals surface area contributed by atoms with E-state index in [0.29, 0.717) is 19.3 Å². The van der Waals surface area contributed by atoms with Crippen LogP contribution >= 0.6 is 0 Å². The van der Waals surface area contributed by atoms with Gasteiger partial charge in [0.1, 0.15) is 13.2 Å². The Labute approximate surface area is 514 Å². The van der Waals surface area contributed by atoms with Crippen molar-refractivity contribution in [2.75, 3.05) is 13.2 Å². The molecule has 0 aromatic carbocycles. The second kappa shape index (κ2) is 70.6. The van der Waals surface area contributed by atoms with Crippen molar-refractivity contribution < 1.29 is 28.6 Å². The molecule has 83 heavy (non-hydrogen) atoms. The number of carbonyl (C=O) groups excluding carboxylic acids is 3. The van der Waals surface area contributed by atoms with Gasteiger partial charge in [-0.15, -0.1) is 0 Å². The molecule has 0 fully saturated rings. The summed E-state index contributed by atoms with van der Waals surface area (Å²) in [4.78, 5) is 38.3. The zero-order valence-corrected chi connectivity index (χ0v) is 54.7. The summed E-state index contributed by atoms with van der Waals surface area (Å²) < 4.78 is 16.9. The van der Waals surface area contributed by atoms with Gasteiger partial charge in [0, 0.05) is 19.3 Å². The summed E-state index contributed by atoms with van der Waals surface area (Å²) in [7, 11) is 0. The van der Waals surface area contributed by atoms with Gasteiger partial charge in [0.15, 0.2) is 6.10 Å². The third-order valence-corrected chi connectivity index (χ3v) is 15.2. The van der Waals surface area contributed by atoms with E-state index in [1.807, 2.05) is 6.08 Å². The first kappa shape index (κ1) is 79.1. The van der Waals surface area contributed by atoms with Crippen LogP contribution in [0.5, 0.6) is 0 Å². The van der Waals surface area contributed by atoms with E-state index in [1.165, 1.54) is 212 Å². The normalized spacial score (nSPS) is 12.8. The number of ether oxygens (including phenoxy) is 3. The number of hydrogen-bond donors (Lipinski definition) is 0. The monoisotopic (exact) mass is 1150 g/mol. The Kier molecular flexibility index (Phi) is 67.2. The topological polar surface area (TPSA) is 78.9 Å². The molecule has 476 valence electrons. The highest BCUT2D eigenvalue weighted by Gasteiger charge is 2.19. The number of allylic oxidation sites excluding steroid dienone is 18. The van der Waals surface area contributed by atoms with Crippen molar-refractivity contribution in [1.82, 2.24) is 0 Å². The summed E-state index contributed by atoms with van der Waals surface area (Å²) in [6.45, 7) is 6.45. The molecule has 0 bridgehead atoms. The van der Waals surface area contributed by atoms with E-state index in [4.69, 9.17) is 14.2 Å². The molecule has 1 atom stereocenters. The molecule has 0 saturated heterocycles.